The third kappa shape index (κ3) is 2.87. The molecule has 1 aliphatic rings. The average Bonchev–Trinajstić information content (AvgIpc) is 2.62. The summed E-state index contributed by atoms with van der Waals surface area (Å²) in [5.74, 6) is -0.683. The number of phenolic OH excluding ortho intramolecular Hbond substituents is 1. The van der Waals surface area contributed by atoms with E-state index in [1.54, 1.807) is 0 Å². The number of hydrogen-bond acceptors (Lipinski definition) is 5. The summed E-state index contributed by atoms with van der Waals surface area (Å²) in [5.41, 5.74) is 0.416. The van der Waals surface area contributed by atoms with Crippen LogP contribution in [0, 0.1) is 11.6 Å². The molecule has 1 saturated heterocycles. The van der Waals surface area contributed by atoms with Crippen molar-refractivity contribution in [3.05, 3.63) is 48.0 Å². The van der Waals surface area contributed by atoms with Crippen LogP contribution in [0.2, 0.25) is 0 Å². The van der Waals surface area contributed by atoms with Gasteiger partial charge in [-0.05, 0) is 30.3 Å². The van der Waals surface area contributed by atoms with Crippen LogP contribution in [0.5, 0.6) is 5.75 Å². The first kappa shape index (κ1) is 15.7. The van der Waals surface area contributed by atoms with Crippen LogP contribution < -0.4 is 4.90 Å². The molecule has 1 fully saturated rings. The number of nitrogens with zero attached hydrogens (tertiary/aromatic N) is 3. The molecule has 0 amide bonds. The molecule has 0 radical (unpaired) electrons. The van der Waals surface area contributed by atoms with Crippen LogP contribution >= 0.6 is 0 Å². The van der Waals surface area contributed by atoms with Gasteiger partial charge in [-0.2, -0.15) is 0 Å². The minimum Gasteiger partial charge on any atom is -0.507 e. The number of fused-ring (bicyclic) bond motifs is 1. The number of rotatable bonds is 2. The minimum absolute atomic E-state index is 0.0659. The molecule has 3 aromatic rings. The van der Waals surface area contributed by atoms with Crippen molar-refractivity contribution < 1.29 is 18.6 Å². The number of halogens is 2. The minimum atomic E-state index is -0.616. The number of morpholine rings is 1. The lowest BCUT2D eigenvalue weighted by atomic mass is 10.1. The van der Waals surface area contributed by atoms with Crippen LogP contribution in [0.4, 0.5) is 14.6 Å². The van der Waals surface area contributed by atoms with Crippen molar-refractivity contribution >= 4 is 16.7 Å². The molecule has 25 heavy (non-hydrogen) atoms. The van der Waals surface area contributed by atoms with Gasteiger partial charge in [0.15, 0.2) is 5.82 Å². The highest BCUT2D eigenvalue weighted by atomic mass is 19.1. The van der Waals surface area contributed by atoms with Gasteiger partial charge >= 0.3 is 0 Å². The summed E-state index contributed by atoms with van der Waals surface area (Å²) >= 11 is 0. The Kier molecular flexibility index (Phi) is 3.93. The number of aromatic hydroxyl groups is 1. The molecule has 1 aliphatic heterocycles. The van der Waals surface area contributed by atoms with E-state index in [0.717, 1.165) is 0 Å². The molecule has 0 atom stereocenters. The Hall–Kier alpha value is -2.80. The van der Waals surface area contributed by atoms with E-state index in [2.05, 4.69) is 9.97 Å². The fourth-order valence-corrected chi connectivity index (χ4v) is 2.95. The third-order valence-electron chi connectivity index (χ3n) is 4.16. The molecule has 1 aromatic heterocycles. The Balaban J connectivity index is 1.96. The monoisotopic (exact) mass is 343 g/mol. The number of hydrogen-bond donors (Lipinski definition) is 1. The highest BCUT2D eigenvalue weighted by molar-refractivity contribution is 5.91. The number of aromatic nitrogens is 2. The highest BCUT2D eigenvalue weighted by Gasteiger charge is 2.21. The van der Waals surface area contributed by atoms with E-state index in [1.165, 1.54) is 36.4 Å². The zero-order valence-corrected chi connectivity index (χ0v) is 13.2. The molecule has 128 valence electrons. The Morgan fingerprint density at radius 1 is 1.04 bits per heavy atom. The van der Waals surface area contributed by atoms with Gasteiger partial charge in [0.25, 0.3) is 0 Å². The molecule has 7 heteroatoms. The maximum Gasteiger partial charge on any atom is 0.168 e. The van der Waals surface area contributed by atoms with E-state index < -0.39 is 11.6 Å². The Labute approximate surface area is 142 Å². The molecule has 1 N–H and O–H groups in total. The molecule has 0 bridgehead atoms. The topological polar surface area (TPSA) is 58.5 Å². The Morgan fingerprint density at radius 3 is 2.60 bits per heavy atom. The quantitative estimate of drug-likeness (QED) is 0.775. The lowest BCUT2D eigenvalue weighted by Crippen LogP contribution is -2.37. The molecular weight excluding hydrogens is 328 g/mol. The molecule has 4 rings (SSSR count). The average molecular weight is 343 g/mol. The zero-order valence-electron chi connectivity index (χ0n) is 13.2. The fraction of sp³-hybridized carbons (Fsp3) is 0.222. The molecule has 5 nitrogen and oxygen atoms in total. The summed E-state index contributed by atoms with van der Waals surface area (Å²) in [5, 5.41) is 10.6. The van der Waals surface area contributed by atoms with Crippen molar-refractivity contribution in [1.82, 2.24) is 9.97 Å². The summed E-state index contributed by atoms with van der Waals surface area (Å²) in [6, 6.07) is 8.21. The van der Waals surface area contributed by atoms with Gasteiger partial charge in [0.05, 0.1) is 24.3 Å². The summed E-state index contributed by atoms with van der Waals surface area (Å²) in [7, 11) is 0. The molecular formula is C18H15F2N3O2. The van der Waals surface area contributed by atoms with Gasteiger partial charge in [-0.15, -0.1) is 0 Å². The maximum absolute atomic E-state index is 14.2. The second-order valence-corrected chi connectivity index (χ2v) is 5.77. The van der Waals surface area contributed by atoms with Crippen LogP contribution in [-0.4, -0.2) is 41.4 Å². The number of anilines is 1. The molecule has 2 aromatic carbocycles. The van der Waals surface area contributed by atoms with Crippen molar-refractivity contribution in [3.8, 4) is 17.1 Å². The molecule has 0 aliphatic carbocycles. The van der Waals surface area contributed by atoms with Crippen LogP contribution in [-0.2, 0) is 4.74 Å². The van der Waals surface area contributed by atoms with Gasteiger partial charge in [-0.1, -0.05) is 6.07 Å². The summed E-state index contributed by atoms with van der Waals surface area (Å²) < 4.78 is 33.3. The largest absolute Gasteiger partial charge is 0.507 e. The van der Waals surface area contributed by atoms with Crippen molar-refractivity contribution in [2.75, 3.05) is 31.2 Å². The first-order valence-corrected chi connectivity index (χ1v) is 7.91. The fourth-order valence-electron chi connectivity index (χ4n) is 2.95. The number of benzene rings is 2. The van der Waals surface area contributed by atoms with E-state index in [9.17, 15) is 13.9 Å². The predicted octanol–water partition coefficient (Wildman–Crippen LogP) is 3.12. The zero-order chi connectivity index (χ0) is 17.4. The first-order valence-electron chi connectivity index (χ1n) is 7.91. The van der Waals surface area contributed by atoms with E-state index >= 15 is 0 Å². The van der Waals surface area contributed by atoms with Crippen molar-refractivity contribution in [2.45, 2.75) is 0 Å². The summed E-state index contributed by atoms with van der Waals surface area (Å²) in [6.45, 7) is 2.23. The van der Waals surface area contributed by atoms with Gasteiger partial charge in [0.2, 0.25) is 0 Å². The smallest absolute Gasteiger partial charge is 0.168 e. The highest BCUT2D eigenvalue weighted by Crippen LogP contribution is 2.33. The lowest BCUT2D eigenvalue weighted by Gasteiger charge is -2.29. The van der Waals surface area contributed by atoms with Gasteiger partial charge in [0, 0.05) is 18.5 Å². The van der Waals surface area contributed by atoms with Crippen LogP contribution in [0.25, 0.3) is 22.3 Å². The lowest BCUT2D eigenvalue weighted by molar-refractivity contribution is 0.122. The predicted molar refractivity (Wildman–Crippen MR) is 89.6 cm³/mol. The van der Waals surface area contributed by atoms with Gasteiger partial charge < -0.3 is 14.7 Å². The van der Waals surface area contributed by atoms with Crippen molar-refractivity contribution in [1.29, 1.82) is 0 Å². The van der Waals surface area contributed by atoms with Crippen molar-refractivity contribution in [2.24, 2.45) is 0 Å². The maximum atomic E-state index is 14.2. The number of phenols is 1. The molecule has 0 saturated carbocycles. The Bertz CT molecular complexity index is 923. The standard InChI is InChI=1S/C18H15F2N3O2/c19-11-4-5-14-12(10-11)18(23-6-8-25-9-7-23)22-17(21-14)16-13(20)2-1-3-15(16)24/h1-5,10,24H,6-9H2. The van der Waals surface area contributed by atoms with Gasteiger partial charge in [-0.25, -0.2) is 18.7 Å². The van der Waals surface area contributed by atoms with Crippen LogP contribution in [0.15, 0.2) is 36.4 Å². The molecule has 0 spiro atoms. The number of ether oxygens (including phenoxy) is 1. The first-order chi connectivity index (χ1) is 12.1. The Morgan fingerprint density at radius 2 is 1.84 bits per heavy atom. The second-order valence-electron chi connectivity index (χ2n) is 5.77. The van der Waals surface area contributed by atoms with E-state index in [0.29, 0.717) is 43.0 Å². The summed E-state index contributed by atoms with van der Waals surface area (Å²) in [4.78, 5) is 10.7. The SMILES string of the molecule is Oc1cccc(F)c1-c1nc(N2CCOCC2)c2cc(F)ccc2n1. The van der Waals surface area contributed by atoms with E-state index in [1.807, 2.05) is 4.90 Å². The van der Waals surface area contributed by atoms with Gasteiger partial charge in [-0.3, -0.25) is 0 Å². The molecule has 2 heterocycles. The summed E-state index contributed by atoms with van der Waals surface area (Å²) in [6.07, 6.45) is 0. The third-order valence-corrected chi connectivity index (χ3v) is 4.16. The van der Waals surface area contributed by atoms with Crippen LogP contribution in [0.1, 0.15) is 0 Å². The van der Waals surface area contributed by atoms with Crippen molar-refractivity contribution in [3.63, 3.8) is 0 Å². The van der Waals surface area contributed by atoms with Crippen LogP contribution in [0.3, 0.4) is 0 Å². The van der Waals surface area contributed by atoms with E-state index in [-0.39, 0.29) is 17.1 Å². The second kappa shape index (κ2) is 6.25. The molecule has 0 unspecified atom stereocenters. The van der Waals surface area contributed by atoms with E-state index in [4.69, 9.17) is 4.74 Å². The normalized spacial score (nSPS) is 14.9. The van der Waals surface area contributed by atoms with Gasteiger partial charge in [0.1, 0.15) is 23.2 Å².